The monoisotopic (exact) mass is 253 g/mol. The lowest BCUT2D eigenvalue weighted by Gasteiger charge is -2.03. The molecule has 0 fully saturated rings. The average molecular weight is 253 g/mol. The van der Waals surface area contributed by atoms with E-state index in [0.717, 1.165) is 5.56 Å². The van der Waals surface area contributed by atoms with Crippen molar-refractivity contribution in [2.45, 2.75) is 0 Å². The molecule has 0 aliphatic carbocycles. The molecule has 0 spiro atoms. The summed E-state index contributed by atoms with van der Waals surface area (Å²) in [5, 5.41) is 19.8. The summed E-state index contributed by atoms with van der Waals surface area (Å²) in [6, 6.07) is 14.0. The van der Waals surface area contributed by atoms with Crippen molar-refractivity contribution in [2.75, 3.05) is 6.61 Å². The molecule has 0 bridgehead atoms. The van der Waals surface area contributed by atoms with Gasteiger partial charge in [0.2, 0.25) is 0 Å². The Labute approximate surface area is 110 Å². The van der Waals surface area contributed by atoms with Gasteiger partial charge >= 0.3 is 0 Å². The van der Waals surface area contributed by atoms with Crippen molar-refractivity contribution >= 4 is 5.69 Å². The van der Waals surface area contributed by atoms with Crippen LogP contribution in [0.3, 0.4) is 0 Å². The number of aliphatic hydroxyl groups excluding tert-OH is 1. The Bertz CT molecular complexity index is 654. The van der Waals surface area contributed by atoms with Gasteiger partial charge in [0.05, 0.1) is 10.5 Å². The number of nitro groups is 1. The normalized spacial score (nSPS) is 9.53. The van der Waals surface area contributed by atoms with Crippen molar-refractivity contribution in [3.05, 3.63) is 64.2 Å². The molecular formula is C15H11NO3. The van der Waals surface area contributed by atoms with Gasteiger partial charge in [0, 0.05) is 11.6 Å². The molecule has 0 amide bonds. The zero-order chi connectivity index (χ0) is 13.7. The van der Waals surface area contributed by atoms with E-state index in [0.29, 0.717) is 11.1 Å². The third-order valence-corrected chi connectivity index (χ3v) is 2.59. The highest BCUT2D eigenvalue weighted by Crippen LogP contribution is 2.30. The standard InChI is InChI=1S/C15H11NO3/c17-10-4-5-12-8-9-14(15(11-12)16(18)19)13-6-2-1-3-7-13/h1-3,6-9,11,17H,10H2. The van der Waals surface area contributed by atoms with Crippen LogP contribution in [0.4, 0.5) is 5.69 Å². The average Bonchev–Trinajstić information content (AvgIpc) is 2.45. The summed E-state index contributed by atoms with van der Waals surface area (Å²) in [4.78, 5) is 10.7. The topological polar surface area (TPSA) is 63.4 Å². The first-order valence-electron chi connectivity index (χ1n) is 5.66. The number of nitrogens with zero attached hydrogens (tertiary/aromatic N) is 1. The second-order valence-electron chi connectivity index (χ2n) is 3.81. The van der Waals surface area contributed by atoms with E-state index in [4.69, 9.17) is 5.11 Å². The molecule has 4 nitrogen and oxygen atoms in total. The summed E-state index contributed by atoms with van der Waals surface area (Å²) in [5.41, 5.74) is 1.87. The molecule has 0 aromatic heterocycles. The summed E-state index contributed by atoms with van der Waals surface area (Å²) in [6.07, 6.45) is 0. The van der Waals surface area contributed by atoms with Crippen molar-refractivity contribution in [3.63, 3.8) is 0 Å². The smallest absolute Gasteiger partial charge is 0.278 e. The molecule has 0 aliphatic rings. The minimum absolute atomic E-state index is 0.0101. The maximum absolute atomic E-state index is 11.1. The van der Waals surface area contributed by atoms with Crippen LogP contribution in [-0.2, 0) is 0 Å². The molecule has 0 unspecified atom stereocenters. The van der Waals surface area contributed by atoms with Crippen LogP contribution in [-0.4, -0.2) is 16.6 Å². The third-order valence-electron chi connectivity index (χ3n) is 2.59. The summed E-state index contributed by atoms with van der Waals surface area (Å²) in [6.45, 7) is -0.270. The lowest BCUT2D eigenvalue weighted by atomic mass is 10.0. The predicted molar refractivity (Wildman–Crippen MR) is 72.5 cm³/mol. The number of aliphatic hydroxyl groups is 1. The van der Waals surface area contributed by atoms with E-state index in [9.17, 15) is 10.1 Å². The van der Waals surface area contributed by atoms with E-state index in [1.165, 1.54) is 6.07 Å². The minimum Gasteiger partial charge on any atom is -0.384 e. The lowest BCUT2D eigenvalue weighted by molar-refractivity contribution is -0.384. The molecule has 0 aliphatic heterocycles. The molecule has 19 heavy (non-hydrogen) atoms. The highest BCUT2D eigenvalue weighted by molar-refractivity contribution is 5.74. The van der Waals surface area contributed by atoms with Crippen LogP contribution in [0.1, 0.15) is 5.56 Å². The Kier molecular flexibility index (Phi) is 3.91. The van der Waals surface area contributed by atoms with Crippen molar-refractivity contribution in [1.29, 1.82) is 0 Å². The molecule has 1 N–H and O–H groups in total. The van der Waals surface area contributed by atoms with E-state index in [1.54, 1.807) is 12.1 Å². The predicted octanol–water partition coefficient (Wildman–Crippen LogP) is 2.61. The van der Waals surface area contributed by atoms with Crippen LogP contribution < -0.4 is 0 Å². The quantitative estimate of drug-likeness (QED) is 0.508. The summed E-state index contributed by atoms with van der Waals surface area (Å²) < 4.78 is 0. The molecule has 94 valence electrons. The van der Waals surface area contributed by atoms with Crippen molar-refractivity contribution in [3.8, 4) is 23.0 Å². The highest BCUT2D eigenvalue weighted by Gasteiger charge is 2.15. The lowest BCUT2D eigenvalue weighted by Crippen LogP contribution is -1.93. The first-order valence-corrected chi connectivity index (χ1v) is 5.66. The minimum atomic E-state index is -0.424. The van der Waals surface area contributed by atoms with Gasteiger partial charge in [-0.25, -0.2) is 0 Å². The molecule has 4 heteroatoms. The molecule has 0 atom stereocenters. The molecule has 2 aromatic rings. The van der Waals surface area contributed by atoms with Gasteiger partial charge in [-0.1, -0.05) is 42.2 Å². The molecule has 0 saturated carbocycles. The zero-order valence-corrected chi connectivity index (χ0v) is 10.0. The van der Waals surface area contributed by atoms with Gasteiger partial charge in [0.1, 0.15) is 6.61 Å². The number of hydrogen-bond acceptors (Lipinski definition) is 3. The molecule has 0 radical (unpaired) electrons. The Morgan fingerprint density at radius 1 is 1.16 bits per heavy atom. The molecule has 0 saturated heterocycles. The summed E-state index contributed by atoms with van der Waals surface area (Å²) >= 11 is 0. The van der Waals surface area contributed by atoms with Crippen LogP contribution >= 0.6 is 0 Å². The summed E-state index contributed by atoms with van der Waals surface area (Å²) in [7, 11) is 0. The van der Waals surface area contributed by atoms with E-state index < -0.39 is 4.92 Å². The van der Waals surface area contributed by atoms with Crippen LogP contribution in [0, 0.1) is 22.0 Å². The van der Waals surface area contributed by atoms with Crippen molar-refractivity contribution < 1.29 is 10.0 Å². The third kappa shape index (κ3) is 2.97. The second-order valence-corrected chi connectivity index (χ2v) is 3.81. The fraction of sp³-hybridized carbons (Fsp3) is 0.0667. The maximum atomic E-state index is 11.1. The van der Waals surface area contributed by atoms with E-state index in [2.05, 4.69) is 11.8 Å². The fourth-order valence-electron chi connectivity index (χ4n) is 1.76. The number of benzene rings is 2. The zero-order valence-electron chi connectivity index (χ0n) is 10.0. The SMILES string of the molecule is O=[N+]([O-])c1cc(C#CCO)ccc1-c1ccccc1. The fourth-order valence-corrected chi connectivity index (χ4v) is 1.76. The van der Waals surface area contributed by atoms with E-state index in [-0.39, 0.29) is 12.3 Å². The van der Waals surface area contributed by atoms with Crippen molar-refractivity contribution in [2.24, 2.45) is 0 Å². The Morgan fingerprint density at radius 2 is 1.89 bits per heavy atom. The molecular weight excluding hydrogens is 242 g/mol. The maximum Gasteiger partial charge on any atom is 0.278 e. The van der Waals surface area contributed by atoms with Gasteiger partial charge in [-0.3, -0.25) is 10.1 Å². The Balaban J connectivity index is 2.54. The highest BCUT2D eigenvalue weighted by atomic mass is 16.6. The first-order chi connectivity index (χ1) is 9.22. The molecule has 2 aromatic carbocycles. The van der Waals surface area contributed by atoms with Crippen LogP contribution in [0.15, 0.2) is 48.5 Å². The number of nitro benzene ring substituents is 1. The van der Waals surface area contributed by atoms with Crippen LogP contribution in [0.5, 0.6) is 0 Å². The van der Waals surface area contributed by atoms with Crippen LogP contribution in [0.2, 0.25) is 0 Å². The van der Waals surface area contributed by atoms with Gasteiger partial charge in [-0.2, -0.15) is 0 Å². The second kappa shape index (κ2) is 5.80. The van der Waals surface area contributed by atoms with Crippen LogP contribution in [0.25, 0.3) is 11.1 Å². The van der Waals surface area contributed by atoms with Crippen molar-refractivity contribution in [1.82, 2.24) is 0 Å². The van der Waals surface area contributed by atoms with E-state index in [1.807, 2.05) is 30.3 Å². The van der Waals surface area contributed by atoms with Gasteiger partial charge in [-0.15, -0.1) is 0 Å². The van der Waals surface area contributed by atoms with Gasteiger partial charge in [-0.05, 0) is 17.7 Å². The molecule has 2 rings (SSSR count). The Morgan fingerprint density at radius 3 is 2.53 bits per heavy atom. The van der Waals surface area contributed by atoms with Gasteiger partial charge in [0.25, 0.3) is 5.69 Å². The molecule has 0 heterocycles. The van der Waals surface area contributed by atoms with Gasteiger partial charge < -0.3 is 5.11 Å². The number of hydrogen-bond donors (Lipinski definition) is 1. The largest absolute Gasteiger partial charge is 0.384 e. The number of rotatable bonds is 2. The summed E-state index contributed by atoms with van der Waals surface area (Å²) in [5.74, 6) is 5.14. The van der Waals surface area contributed by atoms with E-state index >= 15 is 0 Å². The first kappa shape index (κ1) is 12.8. The Hall–Kier alpha value is -2.64. The van der Waals surface area contributed by atoms with Gasteiger partial charge in [0.15, 0.2) is 0 Å².